The van der Waals surface area contributed by atoms with Crippen molar-refractivity contribution in [3.63, 3.8) is 0 Å². The van der Waals surface area contributed by atoms with Gasteiger partial charge in [-0.15, -0.1) is 0 Å². The van der Waals surface area contributed by atoms with Crippen molar-refractivity contribution in [1.82, 2.24) is 4.98 Å². The van der Waals surface area contributed by atoms with Crippen LogP contribution >= 0.6 is 0 Å². The molecule has 1 heterocycles. The van der Waals surface area contributed by atoms with Crippen LogP contribution in [0.5, 0.6) is 0 Å². The maximum absolute atomic E-state index is 10.4. The van der Waals surface area contributed by atoms with Crippen LogP contribution in [0.1, 0.15) is 38.3 Å². The van der Waals surface area contributed by atoms with Gasteiger partial charge in [-0.2, -0.15) is 0 Å². The van der Waals surface area contributed by atoms with Gasteiger partial charge in [0.05, 0.1) is 5.60 Å². The highest BCUT2D eigenvalue weighted by Gasteiger charge is 2.36. The molecule has 1 fully saturated rings. The lowest BCUT2D eigenvalue weighted by Gasteiger charge is -2.22. The van der Waals surface area contributed by atoms with Gasteiger partial charge in [0.15, 0.2) is 0 Å². The van der Waals surface area contributed by atoms with E-state index in [0.717, 1.165) is 18.5 Å². The summed E-state index contributed by atoms with van der Waals surface area (Å²) < 4.78 is 0. The molecule has 0 aliphatic heterocycles. The fraction of sp³-hybridized carbons (Fsp3) is 0.615. The molecular weight excluding hydrogens is 186 g/mol. The van der Waals surface area contributed by atoms with Gasteiger partial charge in [-0.3, -0.25) is 4.98 Å². The molecule has 1 aromatic heterocycles. The molecule has 0 amide bonds. The third-order valence-corrected chi connectivity index (χ3v) is 3.50. The van der Waals surface area contributed by atoms with Gasteiger partial charge in [-0.25, -0.2) is 0 Å². The molecule has 2 atom stereocenters. The fourth-order valence-corrected chi connectivity index (χ4v) is 2.56. The van der Waals surface area contributed by atoms with Gasteiger partial charge in [-0.05, 0) is 37.3 Å². The summed E-state index contributed by atoms with van der Waals surface area (Å²) in [5.41, 5.74) is 0.520. The first-order valence-corrected chi connectivity index (χ1v) is 5.84. The van der Waals surface area contributed by atoms with E-state index in [2.05, 4.69) is 11.9 Å². The third kappa shape index (κ3) is 2.57. The van der Waals surface area contributed by atoms with E-state index < -0.39 is 5.60 Å². The Morgan fingerprint density at radius 1 is 1.53 bits per heavy atom. The largest absolute Gasteiger partial charge is 0.389 e. The molecule has 1 aromatic rings. The molecule has 0 saturated heterocycles. The zero-order chi connectivity index (χ0) is 10.7. The Morgan fingerprint density at radius 3 is 3.00 bits per heavy atom. The molecule has 2 rings (SSSR count). The zero-order valence-corrected chi connectivity index (χ0v) is 9.32. The molecule has 0 spiro atoms. The molecule has 2 nitrogen and oxygen atoms in total. The lowest BCUT2D eigenvalue weighted by molar-refractivity contribution is 0.0427. The SMILES string of the molecule is CCC1CCC(O)(Cc2ccccn2)C1. The minimum Gasteiger partial charge on any atom is -0.389 e. The monoisotopic (exact) mass is 205 g/mol. The fourth-order valence-electron chi connectivity index (χ4n) is 2.56. The van der Waals surface area contributed by atoms with E-state index in [9.17, 15) is 5.11 Å². The quantitative estimate of drug-likeness (QED) is 0.822. The van der Waals surface area contributed by atoms with Crippen molar-refractivity contribution >= 4 is 0 Å². The van der Waals surface area contributed by atoms with Crippen LogP contribution in [-0.2, 0) is 6.42 Å². The number of hydrogen-bond acceptors (Lipinski definition) is 2. The van der Waals surface area contributed by atoms with Gasteiger partial charge >= 0.3 is 0 Å². The van der Waals surface area contributed by atoms with E-state index in [1.807, 2.05) is 18.2 Å². The molecule has 0 bridgehead atoms. The van der Waals surface area contributed by atoms with Crippen molar-refractivity contribution in [2.45, 2.75) is 44.6 Å². The molecule has 1 saturated carbocycles. The van der Waals surface area contributed by atoms with Gasteiger partial charge < -0.3 is 5.11 Å². The first kappa shape index (κ1) is 10.6. The average molecular weight is 205 g/mol. The summed E-state index contributed by atoms with van der Waals surface area (Å²) >= 11 is 0. The van der Waals surface area contributed by atoms with Crippen LogP contribution in [0.25, 0.3) is 0 Å². The van der Waals surface area contributed by atoms with Crippen LogP contribution in [0.4, 0.5) is 0 Å². The highest BCUT2D eigenvalue weighted by atomic mass is 16.3. The predicted octanol–water partition coefficient (Wildman–Crippen LogP) is 2.57. The van der Waals surface area contributed by atoms with E-state index in [-0.39, 0.29) is 0 Å². The van der Waals surface area contributed by atoms with Crippen LogP contribution in [-0.4, -0.2) is 15.7 Å². The summed E-state index contributed by atoms with van der Waals surface area (Å²) in [7, 11) is 0. The van der Waals surface area contributed by atoms with E-state index >= 15 is 0 Å². The molecule has 1 N–H and O–H groups in total. The second kappa shape index (κ2) is 4.31. The summed E-state index contributed by atoms with van der Waals surface area (Å²) in [4.78, 5) is 4.28. The number of hydrogen-bond donors (Lipinski definition) is 1. The van der Waals surface area contributed by atoms with E-state index in [1.165, 1.54) is 12.8 Å². The van der Waals surface area contributed by atoms with Crippen molar-refractivity contribution in [3.05, 3.63) is 30.1 Å². The Hall–Kier alpha value is -0.890. The van der Waals surface area contributed by atoms with Crippen LogP contribution in [0.15, 0.2) is 24.4 Å². The first-order valence-electron chi connectivity index (χ1n) is 5.84. The Morgan fingerprint density at radius 2 is 2.40 bits per heavy atom. The van der Waals surface area contributed by atoms with Crippen molar-refractivity contribution in [1.29, 1.82) is 0 Å². The lowest BCUT2D eigenvalue weighted by Crippen LogP contribution is -2.28. The molecule has 15 heavy (non-hydrogen) atoms. The van der Waals surface area contributed by atoms with Gasteiger partial charge in [0, 0.05) is 18.3 Å². The Kier molecular flexibility index (Phi) is 3.06. The highest BCUT2D eigenvalue weighted by molar-refractivity contribution is 5.08. The second-order valence-corrected chi connectivity index (χ2v) is 4.74. The normalized spacial score (nSPS) is 30.7. The highest BCUT2D eigenvalue weighted by Crippen LogP contribution is 2.38. The van der Waals surface area contributed by atoms with Crippen molar-refractivity contribution in [2.24, 2.45) is 5.92 Å². The van der Waals surface area contributed by atoms with Crippen molar-refractivity contribution in [3.8, 4) is 0 Å². The summed E-state index contributed by atoms with van der Waals surface area (Å²) in [5.74, 6) is 0.707. The van der Waals surface area contributed by atoms with E-state index in [4.69, 9.17) is 0 Å². The molecule has 0 aromatic carbocycles. The standard InChI is InChI=1S/C13H19NO/c1-2-11-6-7-13(15,9-11)10-12-5-3-4-8-14-12/h3-5,8,11,15H,2,6-7,9-10H2,1H3. The van der Waals surface area contributed by atoms with E-state index in [0.29, 0.717) is 12.3 Å². The van der Waals surface area contributed by atoms with Crippen molar-refractivity contribution < 1.29 is 5.11 Å². The third-order valence-electron chi connectivity index (χ3n) is 3.50. The Labute approximate surface area is 91.4 Å². The summed E-state index contributed by atoms with van der Waals surface area (Å²) in [6.07, 6.45) is 6.74. The minimum absolute atomic E-state index is 0.491. The summed E-state index contributed by atoms with van der Waals surface area (Å²) in [6.45, 7) is 2.21. The molecule has 1 aliphatic carbocycles. The van der Waals surface area contributed by atoms with Crippen LogP contribution in [0.3, 0.4) is 0 Å². The molecule has 2 heteroatoms. The number of pyridine rings is 1. The average Bonchev–Trinajstić information content (AvgIpc) is 2.61. The van der Waals surface area contributed by atoms with Crippen LogP contribution in [0.2, 0.25) is 0 Å². The Bertz CT molecular complexity index is 312. The van der Waals surface area contributed by atoms with Gasteiger partial charge in [-0.1, -0.05) is 19.4 Å². The number of nitrogens with zero attached hydrogens (tertiary/aromatic N) is 1. The van der Waals surface area contributed by atoms with Gasteiger partial charge in [0.1, 0.15) is 0 Å². The topological polar surface area (TPSA) is 33.1 Å². The molecule has 82 valence electrons. The zero-order valence-electron chi connectivity index (χ0n) is 9.32. The van der Waals surface area contributed by atoms with Gasteiger partial charge in [0.2, 0.25) is 0 Å². The molecule has 0 radical (unpaired) electrons. The van der Waals surface area contributed by atoms with E-state index in [1.54, 1.807) is 6.20 Å². The van der Waals surface area contributed by atoms with Crippen LogP contribution in [0, 0.1) is 5.92 Å². The smallest absolute Gasteiger partial charge is 0.0705 e. The maximum Gasteiger partial charge on any atom is 0.0705 e. The van der Waals surface area contributed by atoms with Crippen molar-refractivity contribution in [2.75, 3.05) is 0 Å². The molecule has 2 unspecified atom stereocenters. The molecule has 1 aliphatic rings. The maximum atomic E-state index is 10.4. The predicted molar refractivity (Wildman–Crippen MR) is 60.5 cm³/mol. The lowest BCUT2D eigenvalue weighted by atomic mass is 9.93. The second-order valence-electron chi connectivity index (χ2n) is 4.74. The minimum atomic E-state index is -0.491. The van der Waals surface area contributed by atoms with Gasteiger partial charge in [0.25, 0.3) is 0 Å². The Balaban J connectivity index is 2.00. The van der Waals surface area contributed by atoms with Crippen LogP contribution < -0.4 is 0 Å². The number of rotatable bonds is 3. The summed E-state index contributed by atoms with van der Waals surface area (Å²) in [6, 6.07) is 5.90. The number of aromatic nitrogens is 1. The number of aliphatic hydroxyl groups is 1. The molecular formula is C13H19NO. The first-order chi connectivity index (χ1) is 7.22. The summed E-state index contributed by atoms with van der Waals surface area (Å²) in [5, 5.41) is 10.4.